The minimum atomic E-state index is -2.62. The van der Waals surface area contributed by atoms with Crippen LogP contribution in [-0.4, -0.2) is 54.9 Å². The predicted molar refractivity (Wildman–Crippen MR) is 100 cm³/mol. The molecule has 0 saturated carbocycles. The smallest absolute Gasteiger partial charge is 0.262 e. The quantitative estimate of drug-likeness (QED) is 0.719. The van der Waals surface area contributed by atoms with E-state index in [1.165, 1.54) is 0 Å². The van der Waals surface area contributed by atoms with Crippen LogP contribution in [0.3, 0.4) is 0 Å². The van der Waals surface area contributed by atoms with Gasteiger partial charge in [-0.15, -0.1) is 0 Å². The molecule has 1 aromatic rings. The third-order valence-electron chi connectivity index (χ3n) is 4.63. The van der Waals surface area contributed by atoms with Crippen LogP contribution in [0.4, 0.5) is 8.78 Å². The largest absolute Gasteiger partial charge is 0.484 e. The Morgan fingerprint density at radius 1 is 1.18 bits per heavy atom. The molecule has 1 atom stereocenters. The molecule has 1 heterocycles. The Balaban J connectivity index is 1.32. The van der Waals surface area contributed by atoms with E-state index in [9.17, 15) is 18.4 Å². The highest BCUT2D eigenvalue weighted by molar-refractivity contribution is 6.30. The molecule has 0 aromatic heterocycles. The molecule has 2 aliphatic rings. The monoisotopic (exact) mass is 413 g/mol. The first kappa shape index (κ1) is 20.5. The Morgan fingerprint density at radius 2 is 1.82 bits per heavy atom. The van der Waals surface area contributed by atoms with E-state index in [2.05, 4.69) is 10.6 Å². The molecule has 28 heavy (non-hydrogen) atoms. The Labute approximate surface area is 166 Å². The number of carbonyl (C=O) groups excluding carboxylic acids is 2. The van der Waals surface area contributed by atoms with Crippen LogP contribution in [0.1, 0.15) is 19.3 Å². The summed E-state index contributed by atoms with van der Waals surface area (Å²) in [6, 6.07) is 6.53. The maximum Gasteiger partial charge on any atom is 0.262 e. The second kappa shape index (κ2) is 8.87. The van der Waals surface area contributed by atoms with E-state index in [-0.39, 0.29) is 56.9 Å². The zero-order valence-corrected chi connectivity index (χ0v) is 16.0. The van der Waals surface area contributed by atoms with E-state index in [1.807, 2.05) is 0 Å². The van der Waals surface area contributed by atoms with Crippen LogP contribution in [0.25, 0.3) is 0 Å². The highest BCUT2D eigenvalue weighted by atomic mass is 35.5. The number of likely N-dealkylation sites (tertiary alicyclic amines) is 1. The van der Waals surface area contributed by atoms with E-state index in [4.69, 9.17) is 16.3 Å². The second-order valence-electron chi connectivity index (χ2n) is 6.99. The average molecular weight is 414 g/mol. The van der Waals surface area contributed by atoms with E-state index in [0.29, 0.717) is 22.9 Å². The number of amides is 2. The molecule has 0 unspecified atom stereocenters. The summed E-state index contributed by atoms with van der Waals surface area (Å²) < 4.78 is 31.6. The van der Waals surface area contributed by atoms with E-state index < -0.39 is 5.92 Å². The third-order valence-corrected chi connectivity index (χ3v) is 4.88. The zero-order chi connectivity index (χ0) is 20.1. The van der Waals surface area contributed by atoms with Gasteiger partial charge in [-0.25, -0.2) is 8.78 Å². The fourth-order valence-corrected chi connectivity index (χ4v) is 3.15. The number of piperidine rings is 1. The summed E-state index contributed by atoms with van der Waals surface area (Å²) in [4.78, 5) is 25.6. The van der Waals surface area contributed by atoms with Crippen molar-refractivity contribution < 1.29 is 23.1 Å². The summed E-state index contributed by atoms with van der Waals surface area (Å²) in [5.41, 5.74) is 0.715. The highest BCUT2D eigenvalue weighted by Gasteiger charge is 2.34. The summed E-state index contributed by atoms with van der Waals surface area (Å²) >= 11 is 5.78. The lowest BCUT2D eigenvalue weighted by Gasteiger charge is -2.32. The van der Waals surface area contributed by atoms with Gasteiger partial charge in [0.05, 0.1) is 12.6 Å². The molecule has 6 nitrogen and oxygen atoms in total. The van der Waals surface area contributed by atoms with Crippen LogP contribution in [0.2, 0.25) is 5.02 Å². The Bertz CT molecular complexity index is 745. The molecular formula is C19H22ClF2N3O3. The van der Waals surface area contributed by atoms with Gasteiger partial charge in [0, 0.05) is 43.1 Å². The zero-order valence-electron chi connectivity index (χ0n) is 15.2. The van der Waals surface area contributed by atoms with Gasteiger partial charge in [0.25, 0.3) is 11.8 Å². The number of rotatable bonds is 7. The molecule has 9 heteroatoms. The van der Waals surface area contributed by atoms with Crippen LogP contribution < -0.4 is 15.4 Å². The van der Waals surface area contributed by atoms with E-state index in [0.717, 1.165) is 0 Å². The Kier molecular flexibility index (Phi) is 6.51. The van der Waals surface area contributed by atoms with Crippen molar-refractivity contribution in [2.24, 2.45) is 0 Å². The molecule has 152 valence electrons. The van der Waals surface area contributed by atoms with Crippen molar-refractivity contribution in [2.45, 2.75) is 31.2 Å². The van der Waals surface area contributed by atoms with Crippen molar-refractivity contribution >= 4 is 23.4 Å². The number of ether oxygens (including phenoxy) is 1. The minimum absolute atomic E-state index is 0.108. The molecule has 1 aliphatic heterocycles. The summed E-state index contributed by atoms with van der Waals surface area (Å²) in [6.45, 7) is 0.415. The van der Waals surface area contributed by atoms with Crippen molar-refractivity contribution in [2.75, 3.05) is 26.2 Å². The number of nitrogens with zero attached hydrogens (tertiary/aromatic N) is 1. The first-order valence-corrected chi connectivity index (χ1v) is 9.45. The number of nitrogens with one attached hydrogen (secondary N) is 2. The molecule has 0 spiro atoms. The van der Waals surface area contributed by atoms with Crippen molar-refractivity contribution in [3.8, 4) is 5.75 Å². The fourth-order valence-electron chi connectivity index (χ4n) is 3.02. The summed E-state index contributed by atoms with van der Waals surface area (Å²) in [7, 11) is 0. The van der Waals surface area contributed by atoms with Crippen LogP contribution in [-0.2, 0) is 9.59 Å². The SMILES string of the molecule is O=C(COc1ccc(Cl)cc1)NC1=C[C@@H](NC(=O)CN2CCC(F)(F)CC2)C1. The highest BCUT2D eigenvalue weighted by Crippen LogP contribution is 2.27. The summed E-state index contributed by atoms with van der Waals surface area (Å²) in [5, 5.41) is 6.11. The molecule has 1 saturated heterocycles. The number of hydrogen-bond acceptors (Lipinski definition) is 4. The third kappa shape index (κ3) is 6.17. The summed E-state index contributed by atoms with van der Waals surface area (Å²) in [6.07, 6.45) is 1.84. The van der Waals surface area contributed by atoms with E-state index in [1.54, 1.807) is 35.2 Å². The normalized spacial score (nSPS) is 21.2. The number of halogens is 3. The molecule has 1 aromatic carbocycles. The molecule has 1 aliphatic carbocycles. The van der Waals surface area contributed by atoms with Crippen molar-refractivity contribution in [1.29, 1.82) is 0 Å². The van der Waals surface area contributed by atoms with Gasteiger partial charge >= 0.3 is 0 Å². The Morgan fingerprint density at radius 3 is 2.46 bits per heavy atom. The predicted octanol–water partition coefficient (Wildman–Crippen LogP) is 2.34. The fraction of sp³-hybridized carbons (Fsp3) is 0.474. The minimum Gasteiger partial charge on any atom is -0.484 e. The van der Waals surface area contributed by atoms with Crippen molar-refractivity contribution in [3.05, 3.63) is 41.1 Å². The second-order valence-corrected chi connectivity index (χ2v) is 7.43. The Hall–Kier alpha value is -2.19. The van der Waals surface area contributed by atoms with Crippen molar-refractivity contribution in [1.82, 2.24) is 15.5 Å². The van der Waals surface area contributed by atoms with Gasteiger partial charge in [0.15, 0.2) is 6.61 Å². The standard InChI is InChI=1S/C19H22ClF2N3O3/c20-13-1-3-16(4-2-13)28-12-18(27)24-15-9-14(10-15)23-17(26)11-25-7-5-19(21,22)6-8-25/h1-4,9,14H,5-8,10-12H2,(H,23,26)(H,24,27)/t14-/m1/s1. The topological polar surface area (TPSA) is 70.7 Å². The van der Waals surface area contributed by atoms with Crippen molar-refractivity contribution in [3.63, 3.8) is 0 Å². The van der Waals surface area contributed by atoms with Gasteiger partial charge in [-0.2, -0.15) is 0 Å². The number of carbonyl (C=O) groups is 2. The average Bonchev–Trinajstić information content (AvgIpc) is 2.61. The van der Waals surface area contributed by atoms with Crippen LogP contribution in [0.15, 0.2) is 36.0 Å². The maximum absolute atomic E-state index is 13.1. The molecule has 0 radical (unpaired) electrons. The molecule has 2 N–H and O–H groups in total. The van der Waals surface area contributed by atoms with Crippen LogP contribution in [0, 0.1) is 0 Å². The summed E-state index contributed by atoms with van der Waals surface area (Å²) in [5.74, 6) is -2.57. The molecule has 3 rings (SSSR count). The van der Waals surface area contributed by atoms with Gasteiger partial charge in [-0.05, 0) is 30.3 Å². The lowest BCUT2D eigenvalue weighted by molar-refractivity contribution is -0.124. The maximum atomic E-state index is 13.1. The molecule has 1 fully saturated rings. The number of hydrogen-bond donors (Lipinski definition) is 2. The first-order valence-electron chi connectivity index (χ1n) is 9.07. The van der Waals surface area contributed by atoms with Crippen LogP contribution in [0.5, 0.6) is 5.75 Å². The van der Waals surface area contributed by atoms with Gasteiger partial charge in [-0.3, -0.25) is 14.5 Å². The number of benzene rings is 1. The lowest BCUT2D eigenvalue weighted by atomic mass is 9.99. The first-order chi connectivity index (χ1) is 13.3. The van der Waals surface area contributed by atoms with Gasteiger partial charge in [-0.1, -0.05) is 11.6 Å². The molecule has 2 amide bonds. The van der Waals surface area contributed by atoms with Gasteiger partial charge in [0.1, 0.15) is 5.75 Å². The van der Waals surface area contributed by atoms with Gasteiger partial charge < -0.3 is 15.4 Å². The molecular weight excluding hydrogens is 392 g/mol. The number of alkyl halides is 2. The molecule has 0 bridgehead atoms. The van der Waals surface area contributed by atoms with Gasteiger partial charge in [0.2, 0.25) is 5.91 Å². The van der Waals surface area contributed by atoms with Crippen LogP contribution >= 0.6 is 11.6 Å². The van der Waals surface area contributed by atoms with E-state index >= 15 is 0 Å². The lowest BCUT2D eigenvalue weighted by Crippen LogP contribution is -2.48.